The number of nitrogens with one attached hydrogen (secondary N) is 1. The Hall–Kier alpha value is -2.02. The molecule has 7 heteroatoms. The molecule has 0 bridgehead atoms. The van der Waals surface area contributed by atoms with Crippen molar-refractivity contribution in [3.8, 4) is 0 Å². The number of sulfonamides is 1. The monoisotopic (exact) mass is 325 g/mol. The number of ether oxygens (including phenoxy) is 1. The first-order chi connectivity index (χ1) is 10.3. The third kappa shape index (κ3) is 3.09. The molecule has 22 heavy (non-hydrogen) atoms. The van der Waals surface area contributed by atoms with Crippen molar-refractivity contribution in [2.45, 2.75) is 27.7 Å². The van der Waals surface area contributed by atoms with Crippen LogP contribution >= 0.6 is 0 Å². The Morgan fingerprint density at radius 3 is 2.55 bits per heavy atom. The predicted molar refractivity (Wildman–Crippen MR) is 84.7 cm³/mol. The summed E-state index contributed by atoms with van der Waals surface area (Å²) in [4.78, 5) is 12.1. The van der Waals surface area contributed by atoms with E-state index in [0.717, 1.165) is 0 Å². The standard InChI is InChI=1S/C15H19NO5S/c1-5-20-15(17)14-10(4)21-13-7-9(3)12(8-11(13)14)16-22(18,19)6-2/h7-8,16H,5-6H2,1-4H3. The highest BCUT2D eigenvalue weighted by molar-refractivity contribution is 7.92. The molecule has 1 N–H and O–H groups in total. The molecule has 2 aromatic rings. The van der Waals surface area contributed by atoms with Gasteiger partial charge < -0.3 is 9.15 Å². The average molecular weight is 325 g/mol. The molecule has 0 aliphatic heterocycles. The zero-order valence-electron chi connectivity index (χ0n) is 13.0. The van der Waals surface area contributed by atoms with Gasteiger partial charge in [0.15, 0.2) is 0 Å². The van der Waals surface area contributed by atoms with Crippen LogP contribution in [0.4, 0.5) is 5.69 Å². The van der Waals surface area contributed by atoms with E-state index in [1.165, 1.54) is 0 Å². The molecule has 0 unspecified atom stereocenters. The first kappa shape index (κ1) is 16.4. The van der Waals surface area contributed by atoms with Gasteiger partial charge in [-0.05, 0) is 45.4 Å². The first-order valence-corrected chi connectivity index (χ1v) is 8.65. The molecule has 1 heterocycles. The number of fused-ring (bicyclic) bond motifs is 1. The number of furan rings is 1. The van der Waals surface area contributed by atoms with Gasteiger partial charge in [0.2, 0.25) is 10.0 Å². The number of hydrogen-bond donors (Lipinski definition) is 1. The van der Waals surface area contributed by atoms with Gasteiger partial charge >= 0.3 is 5.97 Å². The van der Waals surface area contributed by atoms with E-state index in [0.29, 0.717) is 33.5 Å². The Morgan fingerprint density at radius 2 is 1.95 bits per heavy atom. The van der Waals surface area contributed by atoms with E-state index in [2.05, 4.69) is 4.72 Å². The van der Waals surface area contributed by atoms with Gasteiger partial charge in [0.05, 0.1) is 18.0 Å². The summed E-state index contributed by atoms with van der Waals surface area (Å²) in [5.74, 6) is -0.0603. The van der Waals surface area contributed by atoms with Gasteiger partial charge in [-0.15, -0.1) is 0 Å². The number of carbonyl (C=O) groups excluding carboxylic acids is 1. The highest BCUT2D eigenvalue weighted by Gasteiger charge is 2.21. The summed E-state index contributed by atoms with van der Waals surface area (Å²) in [6.45, 7) is 6.99. The van der Waals surface area contributed by atoms with Crippen LogP contribution in [0.2, 0.25) is 0 Å². The number of esters is 1. The summed E-state index contributed by atoms with van der Waals surface area (Å²) < 4.78 is 36.6. The fraction of sp³-hybridized carbons (Fsp3) is 0.400. The van der Waals surface area contributed by atoms with Crippen LogP contribution in [0.15, 0.2) is 16.5 Å². The van der Waals surface area contributed by atoms with Gasteiger partial charge in [-0.25, -0.2) is 13.2 Å². The van der Waals surface area contributed by atoms with E-state index in [-0.39, 0.29) is 12.4 Å². The number of anilines is 1. The second kappa shape index (κ2) is 6.00. The Morgan fingerprint density at radius 1 is 1.27 bits per heavy atom. The van der Waals surface area contributed by atoms with Crippen LogP contribution in [0.5, 0.6) is 0 Å². The highest BCUT2D eigenvalue weighted by atomic mass is 32.2. The summed E-state index contributed by atoms with van der Waals surface area (Å²) in [7, 11) is -3.40. The van der Waals surface area contributed by atoms with E-state index in [1.807, 2.05) is 0 Å². The Labute approximate surface area is 129 Å². The number of benzene rings is 1. The van der Waals surface area contributed by atoms with E-state index in [4.69, 9.17) is 9.15 Å². The third-order valence-corrected chi connectivity index (χ3v) is 4.63. The molecule has 6 nitrogen and oxygen atoms in total. The van der Waals surface area contributed by atoms with Crippen LogP contribution in [-0.2, 0) is 14.8 Å². The number of rotatable bonds is 5. The third-order valence-electron chi connectivity index (χ3n) is 3.34. The molecule has 0 spiro atoms. The molecule has 0 saturated heterocycles. The van der Waals surface area contributed by atoms with Gasteiger partial charge in [-0.2, -0.15) is 0 Å². The molecule has 1 aromatic carbocycles. The molecule has 2 rings (SSSR count). The maximum absolute atomic E-state index is 12.1. The van der Waals surface area contributed by atoms with Gasteiger partial charge in [0.1, 0.15) is 16.9 Å². The minimum absolute atomic E-state index is 0.0281. The quantitative estimate of drug-likeness (QED) is 0.854. The lowest BCUT2D eigenvalue weighted by Crippen LogP contribution is -2.15. The molecule has 0 aliphatic carbocycles. The Kier molecular flexibility index (Phi) is 4.46. The van der Waals surface area contributed by atoms with E-state index in [9.17, 15) is 13.2 Å². The molecule has 0 atom stereocenters. The molecule has 0 amide bonds. The fourth-order valence-electron chi connectivity index (χ4n) is 2.17. The van der Waals surface area contributed by atoms with Gasteiger partial charge in [0, 0.05) is 5.39 Å². The van der Waals surface area contributed by atoms with E-state index < -0.39 is 16.0 Å². The van der Waals surface area contributed by atoms with Crippen LogP contribution in [0, 0.1) is 13.8 Å². The largest absolute Gasteiger partial charge is 0.462 e. The van der Waals surface area contributed by atoms with E-state index in [1.54, 1.807) is 39.8 Å². The normalized spacial score (nSPS) is 11.6. The van der Waals surface area contributed by atoms with Crippen molar-refractivity contribution >= 4 is 32.6 Å². The second-order valence-electron chi connectivity index (χ2n) is 4.92. The number of hydrogen-bond acceptors (Lipinski definition) is 5. The Balaban J connectivity index is 2.60. The topological polar surface area (TPSA) is 85.6 Å². The highest BCUT2D eigenvalue weighted by Crippen LogP contribution is 2.31. The van der Waals surface area contributed by atoms with Crippen molar-refractivity contribution in [1.29, 1.82) is 0 Å². The zero-order valence-corrected chi connectivity index (χ0v) is 13.8. The molecule has 0 aliphatic rings. The Bertz CT molecular complexity index is 820. The second-order valence-corrected chi connectivity index (χ2v) is 6.93. The lowest BCUT2D eigenvalue weighted by atomic mass is 10.1. The van der Waals surface area contributed by atoms with Crippen molar-refractivity contribution in [1.82, 2.24) is 0 Å². The molecule has 0 radical (unpaired) electrons. The predicted octanol–water partition coefficient (Wildman–Crippen LogP) is 2.99. The molecule has 120 valence electrons. The van der Waals surface area contributed by atoms with Crippen LogP contribution in [0.25, 0.3) is 11.0 Å². The summed E-state index contributed by atoms with van der Waals surface area (Å²) in [5.41, 5.74) is 2.00. The van der Waals surface area contributed by atoms with Crippen molar-refractivity contribution in [3.63, 3.8) is 0 Å². The lowest BCUT2D eigenvalue weighted by Gasteiger charge is -2.09. The number of aryl methyl sites for hydroxylation is 2. The minimum Gasteiger partial charge on any atom is -0.462 e. The summed E-state index contributed by atoms with van der Waals surface area (Å²) >= 11 is 0. The molecule has 1 aromatic heterocycles. The van der Waals surface area contributed by atoms with Gasteiger partial charge in [-0.1, -0.05) is 0 Å². The van der Waals surface area contributed by atoms with E-state index >= 15 is 0 Å². The van der Waals surface area contributed by atoms with Crippen LogP contribution in [-0.4, -0.2) is 26.7 Å². The molecular weight excluding hydrogens is 306 g/mol. The minimum atomic E-state index is -3.40. The lowest BCUT2D eigenvalue weighted by molar-refractivity contribution is 0.0526. The van der Waals surface area contributed by atoms with Crippen molar-refractivity contribution in [2.75, 3.05) is 17.1 Å². The maximum Gasteiger partial charge on any atom is 0.342 e. The molecule has 0 fully saturated rings. The molecule has 0 saturated carbocycles. The van der Waals surface area contributed by atoms with Crippen molar-refractivity contribution in [2.24, 2.45) is 0 Å². The molecular formula is C15H19NO5S. The van der Waals surface area contributed by atoms with Crippen LogP contribution in [0.1, 0.15) is 35.5 Å². The fourth-order valence-corrected chi connectivity index (χ4v) is 2.87. The SMILES string of the molecule is CCOC(=O)c1c(C)oc2cc(C)c(NS(=O)(=O)CC)cc12. The van der Waals surface area contributed by atoms with Gasteiger partial charge in [0.25, 0.3) is 0 Å². The summed E-state index contributed by atoms with van der Waals surface area (Å²) in [6, 6.07) is 3.32. The average Bonchev–Trinajstić information content (AvgIpc) is 2.74. The van der Waals surface area contributed by atoms with Crippen LogP contribution < -0.4 is 4.72 Å². The van der Waals surface area contributed by atoms with Crippen LogP contribution in [0.3, 0.4) is 0 Å². The zero-order chi connectivity index (χ0) is 16.5. The number of carbonyl (C=O) groups is 1. The first-order valence-electron chi connectivity index (χ1n) is 7.00. The summed E-state index contributed by atoms with van der Waals surface area (Å²) in [5, 5.41) is 0.537. The van der Waals surface area contributed by atoms with Gasteiger partial charge in [-0.3, -0.25) is 4.72 Å². The maximum atomic E-state index is 12.1. The smallest absolute Gasteiger partial charge is 0.342 e. The van der Waals surface area contributed by atoms with Crippen molar-refractivity contribution in [3.05, 3.63) is 29.0 Å². The van der Waals surface area contributed by atoms with Crippen molar-refractivity contribution < 1.29 is 22.4 Å². The summed E-state index contributed by atoms with van der Waals surface area (Å²) in [6.07, 6.45) is 0.